The fraction of sp³-hybridized carbons (Fsp3) is 0.389. The average Bonchev–Trinajstić information content (AvgIpc) is 3.37. The topological polar surface area (TPSA) is 94.2 Å². The van der Waals surface area contributed by atoms with Crippen LogP contribution in [-0.4, -0.2) is 51.7 Å². The number of amides is 1. The van der Waals surface area contributed by atoms with Gasteiger partial charge in [0.2, 0.25) is 16.8 Å². The Morgan fingerprint density at radius 2 is 1.93 bits per heavy atom. The van der Waals surface area contributed by atoms with Crippen LogP contribution < -0.4 is 14.8 Å². The van der Waals surface area contributed by atoms with E-state index in [0.717, 1.165) is 16.9 Å². The molecule has 0 unspecified atom stereocenters. The fourth-order valence-electron chi connectivity index (χ4n) is 3.12. The number of benzene rings is 1. The first-order chi connectivity index (χ1) is 13.5. The number of thiophene rings is 1. The summed E-state index contributed by atoms with van der Waals surface area (Å²) >= 11 is 1.11. The van der Waals surface area contributed by atoms with Gasteiger partial charge in [-0.05, 0) is 36.1 Å². The summed E-state index contributed by atoms with van der Waals surface area (Å²) in [6.45, 7) is 3.29. The molecule has 2 aromatic rings. The van der Waals surface area contributed by atoms with Crippen molar-refractivity contribution < 1.29 is 27.4 Å². The molecule has 10 heteroatoms. The molecule has 0 bridgehead atoms. The third-order valence-electron chi connectivity index (χ3n) is 4.67. The highest BCUT2D eigenvalue weighted by Gasteiger charge is 2.31. The molecule has 150 valence electrons. The van der Waals surface area contributed by atoms with E-state index in [9.17, 15) is 13.2 Å². The van der Waals surface area contributed by atoms with Gasteiger partial charge in [0.15, 0.2) is 11.5 Å². The molecule has 0 spiro atoms. The molecule has 1 aromatic heterocycles. The van der Waals surface area contributed by atoms with Crippen molar-refractivity contribution in [1.82, 2.24) is 9.62 Å². The van der Waals surface area contributed by atoms with Gasteiger partial charge < -0.3 is 19.5 Å². The number of carbonyl (C=O) groups is 1. The summed E-state index contributed by atoms with van der Waals surface area (Å²) in [7, 11) is -3.74. The number of ether oxygens (including phenoxy) is 3. The van der Waals surface area contributed by atoms with E-state index in [2.05, 4.69) is 5.32 Å². The van der Waals surface area contributed by atoms with E-state index in [1.165, 1.54) is 10.4 Å². The predicted octanol–water partition coefficient (Wildman–Crippen LogP) is 1.99. The summed E-state index contributed by atoms with van der Waals surface area (Å²) in [5, 5.41) is 4.49. The van der Waals surface area contributed by atoms with Crippen LogP contribution in [0.4, 0.5) is 0 Å². The molecular formula is C18H20N2O6S2. The van der Waals surface area contributed by atoms with Crippen LogP contribution in [0.5, 0.6) is 11.5 Å². The number of nitrogens with zero attached hydrogens (tertiary/aromatic N) is 1. The summed E-state index contributed by atoms with van der Waals surface area (Å²) in [5.41, 5.74) is 0.840. The number of hydrogen-bond donors (Lipinski definition) is 1. The van der Waals surface area contributed by atoms with E-state index < -0.39 is 15.9 Å². The molecule has 28 heavy (non-hydrogen) atoms. The fourth-order valence-corrected chi connectivity index (χ4v) is 5.83. The summed E-state index contributed by atoms with van der Waals surface area (Å²) in [4.78, 5) is 13.0. The molecule has 0 aliphatic carbocycles. The largest absolute Gasteiger partial charge is 0.454 e. The van der Waals surface area contributed by atoms with E-state index in [0.29, 0.717) is 24.7 Å². The molecular weight excluding hydrogens is 404 g/mol. The van der Waals surface area contributed by atoms with Gasteiger partial charge in [0.05, 0.1) is 19.3 Å². The minimum Gasteiger partial charge on any atom is -0.454 e. The number of nitrogens with one attached hydrogen (secondary N) is 1. The Morgan fingerprint density at radius 3 is 2.71 bits per heavy atom. The monoisotopic (exact) mass is 424 g/mol. The van der Waals surface area contributed by atoms with Crippen molar-refractivity contribution in [3.8, 4) is 11.5 Å². The Kier molecular flexibility index (Phi) is 5.28. The highest BCUT2D eigenvalue weighted by molar-refractivity contribution is 7.89. The van der Waals surface area contributed by atoms with Crippen LogP contribution in [-0.2, 0) is 14.8 Å². The van der Waals surface area contributed by atoms with Gasteiger partial charge in [0.25, 0.3) is 5.91 Å². The average molecular weight is 425 g/mol. The van der Waals surface area contributed by atoms with Crippen LogP contribution in [0.2, 0.25) is 0 Å². The third kappa shape index (κ3) is 3.60. The smallest absolute Gasteiger partial charge is 0.263 e. The van der Waals surface area contributed by atoms with Crippen LogP contribution in [0, 0.1) is 0 Å². The number of morpholine rings is 1. The Morgan fingerprint density at radius 1 is 1.18 bits per heavy atom. The minimum atomic E-state index is -3.74. The SMILES string of the molecule is C[C@H](NC(=O)c1sccc1S(=O)(=O)N1CCOCC1)c1ccc2c(c1)OCO2. The predicted molar refractivity (Wildman–Crippen MR) is 102 cm³/mol. The Balaban J connectivity index is 1.52. The normalized spacial score (nSPS) is 18.0. The van der Waals surface area contributed by atoms with Crippen molar-refractivity contribution in [3.05, 3.63) is 40.1 Å². The van der Waals surface area contributed by atoms with Crippen LogP contribution in [0.1, 0.15) is 28.2 Å². The van der Waals surface area contributed by atoms with E-state index >= 15 is 0 Å². The Labute approximate surface area is 167 Å². The lowest BCUT2D eigenvalue weighted by Crippen LogP contribution is -2.41. The maximum atomic E-state index is 12.9. The molecule has 0 saturated carbocycles. The molecule has 1 aromatic carbocycles. The van der Waals surface area contributed by atoms with Gasteiger partial charge in [0, 0.05) is 13.1 Å². The maximum absolute atomic E-state index is 12.9. The van der Waals surface area contributed by atoms with E-state index in [-0.39, 0.29) is 35.7 Å². The first-order valence-electron chi connectivity index (χ1n) is 8.82. The van der Waals surface area contributed by atoms with Gasteiger partial charge in [-0.1, -0.05) is 6.07 Å². The molecule has 3 heterocycles. The van der Waals surface area contributed by atoms with Crippen LogP contribution >= 0.6 is 11.3 Å². The quantitative estimate of drug-likeness (QED) is 0.789. The second kappa shape index (κ2) is 7.70. The van der Waals surface area contributed by atoms with E-state index in [1.807, 2.05) is 19.1 Å². The minimum absolute atomic E-state index is 0.0368. The highest BCUT2D eigenvalue weighted by atomic mass is 32.2. The van der Waals surface area contributed by atoms with Gasteiger partial charge in [-0.2, -0.15) is 4.31 Å². The van der Waals surface area contributed by atoms with Crippen molar-refractivity contribution in [2.45, 2.75) is 17.9 Å². The van der Waals surface area contributed by atoms with Crippen LogP contribution in [0.3, 0.4) is 0 Å². The van der Waals surface area contributed by atoms with Crippen molar-refractivity contribution in [2.24, 2.45) is 0 Å². The number of fused-ring (bicyclic) bond motifs is 1. The van der Waals surface area contributed by atoms with Crippen molar-refractivity contribution in [1.29, 1.82) is 0 Å². The van der Waals surface area contributed by atoms with E-state index in [4.69, 9.17) is 14.2 Å². The van der Waals surface area contributed by atoms with Crippen molar-refractivity contribution in [3.63, 3.8) is 0 Å². The summed E-state index contributed by atoms with van der Waals surface area (Å²) in [6.07, 6.45) is 0. The molecule has 1 N–H and O–H groups in total. The number of carbonyl (C=O) groups excluding carboxylic acids is 1. The van der Waals surface area contributed by atoms with Gasteiger partial charge in [-0.3, -0.25) is 4.79 Å². The Bertz CT molecular complexity index is 982. The molecule has 1 atom stereocenters. The summed E-state index contributed by atoms with van der Waals surface area (Å²) in [6, 6.07) is 6.60. The van der Waals surface area contributed by atoms with Crippen LogP contribution in [0.15, 0.2) is 34.5 Å². The van der Waals surface area contributed by atoms with Crippen molar-refractivity contribution in [2.75, 3.05) is 33.1 Å². The molecule has 1 amide bonds. The maximum Gasteiger partial charge on any atom is 0.263 e. The number of rotatable bonds is 5. The van der Waals surface area contributed by atoms with E-state index in [1.54, 1.807) is 11.4 Å². The first kappa shape index (κ1) is 19.2. The molecule has 0 radical (unpaired) electrons. The highest BCUT2D eigenvalue weighted by Crippen LogP contribution is 2.34. The van der Waals surface area contributed by atoms with Gasteiger partial charge in [0.1, 0.15) is 9.77 Å². The second-order valence-electron chi connectivity index (χ2n) is 6.44. The second-order valence-corrected chi connectivity index (χ2v) is 9.26. The van der Waals surface area contributed by atoms with Crippen LogP contribution in [0.25, 0.3) is 0 Å². The van der Waals surface area contributed by atoms with Gasteiger partial charge in [-0.15, -0.1) is 11.3 Å². The number of hydrogen-bond acceptors (Lipinski definition) is 7. The lowest BCUT2D eigenvalue weighted by Gasteiger charge is -2.26. The lowest BCUT2D eigenvalue weighted by molar-refractivity contribution is 0.0730. The molecule has 4 rings (SSSR count). The number of sulfonamides is 1. The molecule has 2 aliphatic rings. The molecule has 1 fully saturated rings. The summed E-state index contributed by atoms with van der Waals surface area (Å²) in [5.74, 6) is 0.872. The van der Waals surface area contributed by atoms with Gasteiger partial charge >= 0.3 is 0 Å². The first-order valence-corrected chi connectivity index (χ1v) is 11.1. The zero-order chi connectivity index (χ0) is 19.7. The standard InChI is InChI=1S/C18H20N2O6S2/c1-12(13-2-3-14-15(10-13)26-11-25-14)19-18(21)17-16(4-9-27-17)28(22,23)20-5-7-24-8-6-20/h2-4,9-10,12H,5-8,11H2,1H3,(H,19,21)/t12-/m0/s1. The zero-order valence-electron chi connectivity index (χ0n) is 15.2. The van der Waals surface area contributed by atoms with Crippen molar-refractivity contribution >= 4 is 27.3 Å². The molecule has 8 nitrogen and oxygen atoms in total. The summed E-state index contributed by atoms with van der Waals surface area (Å²) < 4.78 is 43.1. The zero-order valence-corrected chi connectivity index (χ0v) is 16.8. The third-order valence-corrected chi connectivity index (χ3v) is 7.65. The molecule has 1 saturated heterocycles. The Hall–Kier alpha value is -2.14. The molecule has 2 aliphatic heterocycles. The lowest BCUT2D eigenvalue weighted by atomic mass is 10.1. The van der Waals surface area contributed by atoms with Gasteiger partial charge in [-0.25, -0.2) is 8.42 Å².